The highest BCUT2D eigenvalue weighted by Gasteiger charge is 2.18. The molecular formula is C27H25N3O3. The molecule has 3 rings (SSSR count). The van der Waals surface area contributed by atoms with Crippen molar-refractivity contribution in [2.75, 3.05) is 0 Å². The average molecular weight is 440 g/mol. The van der Waals surface area contributed by atoms with Gasteiger partial charge in [-0.05, 0) is 41.8 Å². The second-order valence-electron chi connectivity index (χ2n) is 7.35. The van der Waals surface area contributed by atoms with Gasteiger partial charge in [0.25, 0.3) is 11.8 Å². The van der Waals surface area contributed by atoms with Gasteiger partial charge in [-0.2, -0.15) is 5.26 Å². The molecule has 166 valence electrons. The lowest BCUT2D eigenvalue weighted by atomic mass is 10.1. The van der Waals surface area contributed by atoms with Crippen molar-refractivity contribution in [3.8, 4) is 11.8 Å². The second kappa shape index (κ2) is 11.9. The average Bonchev–Trinajstić information content (AvgIpc) is 2.86. The summed E-state index contributed by atoms with van der Waals surface area (Å²) in [6.07, 6.45) is 0.965. The van der Waals surface area contributed by atoms with E-state index in [4.69, 9.17) is 10.00 Å². The van der Waals surface area contributed by atoms with E-state index in [1.165, 1.54) is 6.08 Å². The van der Waals surface area contributed by atoms with Gasteiger partial charge in [0.2, 0.25) is 0 Å². The Bertz CT molecular complexity index is 1080. The Morgan fingerprint density at radius 2 is 1.33 bits per heavy atom. The largest absolute Gasteiger partial charge is 0.476 e. The monoisotopic (exact) mass is 439 g/mol. The highest BCUT2D eigenvalue weighted by Crippen LogP contribution is 2.16. The van der Waals surface area contributed by atoms with Gasteiger partial charge in [-0.1, -0.05) is 72.8 Å². The summed E-state index contributed by atoms with van der Waals surface area (Å²) in [4.78, 5) is 25.8. The SMILES string of the molecule is CC(C#N)Oc1ccc(C=C(C(=O)NCc2ccccc2)C(=O)NCc2ccccc2)cc1. The first kappa shape index (κ1) is 23.3. The Kier molecular flexibility index (Phi) is 8.38. The van der Waals surface area contributed by atoms with Crippen molar-refractivity contribution in [1.29, 1.82) is 5.26 Å². The van der Waals surface area contributed by atoms with Crippen LogP contribution in [0.4, 0.5) is 0 Å². The molecule has 6 nitrogen and oxygen atoms in total. The summed E-state index contributed by atoms with van der Waals surface area (Å²) >= 11 is 0. The van der Waals surface area contributed by atoms with E-state index in [9.17, 15) is 9.59 Å². The standard InChI is InChI=1S/C27H25N3O3/c1-20(17-28)33-24-14-12-21(13-15-24)16-25(26(31)29-18-22-8-4-2-5-9-22)27(32)30-19-23-10-6-3-7-11-23/h2-16,20H,18-19H2,1H3,(H,29,31)(H,30,32). The predicted molar refractivity (Wildman–Crippen MR) is 127 cm³/mol. The van der Waals surface area contributed by atoms with Gasteiger partial charge in [-0.3, -0.25) is 9.59 Å². The van der Waals surface area contributed by atoms with Gasteiger partial charge in [-0.15, -0.1) is 0 Å². The Morgan fingerprint density at radius 1 is 0.848 bits per heavy atom. The number of carbonyl (C=O) groups excluding carboxylic acids is 2. The van der Waals surface area contributed by atoms with Gasteiger partial charge in [0.15, 0.2) is 6.10 Å². The molecule has 1 unspecified atom stereocenters. The summed E-state index contributed by atoms with van der Waals surface area (Å²) in [7, 11) is 0. The first-order valence-electron chi connectivity index (χ1n) is 10.6. The third-order valence-electron chi connectivity index (χ3n) is 4.77. The predicted octanol–water partition coefficient (Wildman–Crippen LogP) is 3.99. The highest BCUT2D eigenvalue weighted by molar-refractivity contribution is 6.21. The molecule has 0 aliphatic rings. The van der Waals surface area contributed by atoms with Crippen molar-refractivity contribution < 1.29 is 14.3 Å². The molecule has 0 spiro atoms. The van der Waals surface area contributed by atoms with E-state index in [1.807, 2.05) is 66.7 Å². The van der Waals surface area contributed by atoms with Crippen molar-refractivity contribution in [1.82, 2.24) is 10.6 Å². The van der Waals surface area contributed by atoms with Crippen LogP contribution in [0.25, 0.3) is 6.08 Å². The molecule has 0 aliphatic carbocycles. The number of benzene rings is 3. The molecule has 3 aromatic carbocycles. The molecule has 3 aromatic rings. The van der Waals surface area contributed by atoms with E-state index >= 15 is 0 Å². The second-order valence-corrected chi connectivity index (χ2v) is 7.35. The number of nitrogens with zero attached hydrogens (tertiary/aromatic N) is 1. The fourth-order valence-electron chi connectivity index (χ4n) is 3.02. The number of rotatable bonds is 9. The van der Waals surface area contributed by atoms with Crippen molar-refractivity contribution in [3.05, 3.63) is 107 Å². The van der Waals surface area contributed by atoms with Crippen molar-refractivity contribution >= 4 is 17.9 Å². The number of ether oxygens (including phenoxy) is 1. The van der Waals surface area contributed by atoms with Gasteiger partial charge in [0.05, 0.1) is 0 Å². The van der Waals surface area contributed by atoms with Crippen LogP contribution in [0.2, 0.25) is 0 Å². The van der Waals surface area contributed by atoms with Crippen molar-refractivity contribution in [3.63, 3.8) is 0 Å². The lowest BCUT2D eigenvalue weighted by Gasteiger charge is -2.11. The van der Waals surface area contributed by atoms with Crippen LogP contribution in [0.1, 0.15) is 23.6 Å². The van der Waals surface area contributed by atoms with Crippen LogP contribution in [0, 0.1) is 11.3 Å². The first-order chi connectivity index (χ1) is 16.0. The van der Waals surface area contributed by atoms with Crippen LogP contribution in [0.15, 0.2) is 90.5 Å². The summed E-state index contributed by atoms with van der Waals surface area (Å²) in [6, 6.07) is 27.8. The first-order valence-corrected chi connectivity index (χ1v) is 10.6. The Labute approximate surface area is 193 Å². The van der Waals surface area contributed by atoms with E-state index in [-0.39, 0.29) is 5.57 Å². The zero-order valence-corrected chi connectivity index (χ0v) is 18.3. The molecule has 0 bridgehead atoms. The molecule has 0 saturated carbocycles. The number of nitrogens with one attached hydrogen (secondary N) is 2. The van der Waals surface area contributed by atoms with E-state index in [0.717, 1.165) is 11.1 Å². The lowest BCUT2D eigenvalue weighted by molar-refractivity contribution is -0.123. The molecule has 0 aliphatic heterocycles. The maximum Gasteiger partial charge on any atom is 0.257 e. The number of hydrogen-bond donors (Lipinski definition) is 2. The molecule has 33 heavy (non-hydrogen) atoms. The van der Waals surface area contributed by atoms with Crippen LogP contribution in [-0.2, 0) is 22.7 Å². The molecule has 1 atom stereocenters. The molecule has 0 aromatic heterocycles. The third kappa shape index (κ3) is 7.37. The number of hydrogen-bond acceptors (Lipinski definition) is 4. The Morgan fingerprint density at radius 3 is 1.79 bits per heavy atom. The number of carbonyl (C=O) groups is 2. The van der Waals surface area contributed by atoms with Crippen LogP contribution in [-0.4, -0.2) is 17.9 Å². The molecule has 2 amide bonds. The quantitative estimate of drug-likeness (QED) is 0.300. The topological polar surface area (TPSA) is 91.2 Å². The molecule has 0 radical (unpaired) electrons. The van der Waals surface area contributed by atoms with E-state index in [0.29, 0.717) is 24.4 Å². The van der Waals surface area contributed by atoms with Gasteiger partial charge >= 0.3 is 0 Å². The normalized spacial score (nSPS) is 10.9. The fraction of sp³-hybridized carbons (Fsp3) is 0.148. The fourth-order valence-corrected chi connectivity index (χ4v) is 3.02. The molecule has 2 N–H and O–H groups in total. The number of amides is 2. The van der Waals surface area contributed by atoms with Gasteiger partial charge < -0.3 is 15.4 Å². The zero-order chi connectivity index (χ0) is 23.5. The maximum atomic E-state index is 12.9. The van der Waals surface area contributed by atoms with Crippen molar-refractivity contribution in [2.24, 2.45) is 0 Å². The smallest absolute Gasteiger partial charge is 0.257 e. The summed E-state index contributed by atoms with van der Waals surface area (Å²) in [6.45, 7) is 2.27. The Hall–Kier alpha value is -4.37. The molecule has 0 fully saturated rings. The van der Waals surface area contributed by atoms with Crippen LogP contribution < -0.4 is 15.4 Å². The molecular weight excluding hydrogens is 414 g/mol. The zero-order valence-electron chi connectivity index (χ0n) is 18.3. The molecule has 0 heterocycles. The summed E-state index contributed by atoms with van der Waals surface area (Å²) in [5.74, 6) is -0.407. The summed E-state index contributed by atoms with van der Waals surface area (Å²) < 4.78 is 5.45. The molecule has 0 saturated heterocycles. The van der Waals surface area contributed by atoms with Crippen LogP contribution >= 0.6 is 0 Å². The van der Waals surface area contributed by atoms with Gasteiger partial charge in [-0.25, -0.2) is 0 Å². The Balaban J connectivity index is 1.76. The maximum absolute atomic E-state index is 12.9. The van der Waals surface area contributed by atoms with E-state index < -0.39 is 17.9 Å². The van der Waals surface area contributed by atoms with Crippen LogP contribution in [0.3, 0.4) is 0 Å². The highest BCUT2D eigenvalue weighted by atomic mass is 16.5. The van der Waals surface area contributed by atoms with E-state index in [1.54, 1.807) is 31.2 Å². The van der Waals surface area contributed by atoms with E-state index in [2.05, 4.69) is 10.6 Å². The van der Waals surface area contributed by atoms with Crippen molar-refractivity contribution in [2.45, 2.75) is 26.1 Å². The summed E-state index contributed by atoms with van der Waals surface area (Å²) in [5, 5.41) is 14.5. The van der Waals surface area contributed by atoms with Crippen LogP contribution in [0.5, 0.6) is 5.75 Å². The van der Waals surface area contributed by atoms with Gasteiger partial charge in [0.1, 0.15) is 17.4 Å². The summed E-state index contributed by atoms with van der Waals surface area (Å²) in [5.41, 5.74) is 2.53. The third-order valence-corrected chi connectivity index (χ3v) is 4.77. The minimum absolute atomic E-state index is 0.000855. The van der Waals surface area contributed by atoms with Gasteiger partial charge in [0, 0.05) is 13.1 Å². The molecule has 6 heteroatoms. The number of nitriles is 1. The lowest BCUT2D eigenvalue weighted by Crippen LogP contribution is -2.34. The minimum atomic E-state index is -0.575. The minimum Gasteiger partial charge on any atom is -0.476 e.